The zero-order valence-corrected chi connectivity index (χ0v) is 12.1. The van der Waals surface area contributed by atoms with Gasteiger partial charge in [-0.05, 0) is 40.2 Å². The van der Waals surface area contributed by atoms with Crippen LogP contribution in [-0.2, 0) is 16.1 Å². The zero-order chi connectivity index (χ0) is 12.7. The van der Waals surface area contributed by atoms with Crippen LogP contribution in [0.3, 0.4) is 0 Å². The molecule has 6 heteroatoms. The quantitative estimate of drug-likeness (QED) is 0.754. The molecule has 1 amide bonds. The Morgan fingerprint density at radius 3 is 3.06 bits per heavy atom. The monoisotopic (exact) mass is 320 g/mol. The second kappa shape index (κ2) is 7.81. The van der Waals surface area contributed by atoms with Gasteiger partial charge in [-0.15, -0.1) is 11.3 Å². The number of nitrogens with one attached hydrogen (secondary N) is 1. The molecule has 4 nitrogen and oxygen atoms in total. The summed E-state index contributed by atoms with van der Waals surface area (Å²) >= 11 is 5.02. The molecule has 0 saturated carbocycles. The molecule has 1 unspecified atom stereocenters. The first kappa shape index (κ1) is 14.6. The average Bonchev–Trinajstić information content (AvgIpc) is 2.72. The molecule has 1 aromatic rings. The normalized spacial score (nSPS) is 12.4. The molecule has 1 atom stereocenters. The summed E-state index contributed by atoms with van der Waals surface area (Å²) in [5.74, 6) is -0.110. The van der Waals surface area contributed by atoms with E-state index in [0.29, 0.717) is 19.6 Å². The number of nitrogens with two attached hydrogens (primary N) is 1. The summed E-state index contributed by atoms with van der Waals surface area (Å²) in [4.78, 5) is 12.8. The van der Waals surface area contributed by atoms with Crippen LogP contribution >= 0.6 is 27.3 Å². The van der Waals surface area contributed by atoms with E-state index in [0.717, 1.165) is 15.8 Å². The van der Waals surface area contributed by atoms with Crippen LogP contribution in [0.25, 0.3) is 0 Å². The number of carbonyl (C=O) groups excluding carboxylic acids is 1. The molecule has 0 aliphatic rings. The number of hydrogen-bond acceptors (Lipinski definition) is 4. The van der Waals surface area contributed by atoms with Crippen LogP contribution in [0.2, 0.25) is 0 Å². The van der Waals surface area contributed by atoms with Crippen LogP contribution in [0.1, 0.15) is 17.7 Å². The van der Waals surface area contributed by atoms with Crippen molar-refractivity contribution in [2.75, 3.05) is 13.7 Å². The van der Waals surface area contributed by atoms with Gasteiger partial charge in [-0.2, -0.15) is 0 Å². The number of methoxy groups -OCH3 is 1. The highest BCUT2D eigenvalue weighted by atomic mass is 79.9. The Morgan fingerprint density at radius 1 is 1.71 bits per heavy atom. The molecular formula is C11H17BrN2O2S. The highest BCUT2D eigenvalue weighted by molar-refractivity contribution is 9.10. The maximum atomic E-state index is 11.7. The molecule has 1 rings (SSSR count). The fourth-order valence-corrected chi connectivity index (χ4v) is 2.76. The van der Waals surface area contributed by atoms with Gasteiger partial charge in [-0.1, -0.05) is 0 Å². The number of amides is 1. The predicted molar refractivity (Wildman–Crippen MR) is 73.0 cm³/mol. The summed E-state index contributed by atoms with van der Waals surface area (Å²) in [6, 6.07) is 1.51. The third-order valence-electron chi connectivity index (χ3n) is 2.31. The molecule has 3 N–H and O–H groups in total. The van der Waals surface area contributed by atoms with Crippen LogP contribution in [-0.4, -0.2) is 25.7 Å². The Bertz CT molecular complexity index is 357. The SMILES string of the molecule is COCCCC(N)C(=O)NCc1sccc1Br. The van der Waals surface area contributed by atoms with Crippen LogP contribution in [0.15, 0.2) is 15.9 Å². The number of ether oxygens (including phenoxy) is 1. The lowest BCUT2D eigenvalue weighted by Gasteiger charge is -2.11. The summed E-state index contributed by atoms with van der Waals surface area (Å²) in [5, 5.41) is 4.80. The summed E-state index contributed by atoms with van der Waals surface area (Å²) in [6.07, 6.45) is 1.44. The smallest absolute Gasteiger partial charge is 0.237 e. The van der Waals surface area contributed by atoms with E-state index in [-0.39, 0.29) is 5.91 Å². The average molecular weight is 321 g/mol. The van der Waals surface area contributed by atoms with E-state index in [1.54, 1.807) is 18.4 Å². The van der Waals surface area contributed by atoms with Crippen LogP contribution in [0.4, 0.5) is 0 Å². The molecule has 17 heavy (non-hydrogen) atoms. The summed E-state index contributed by atoms with van der Waals surface area (Å²) < 4.78 is 5.94. The zero-order valence-electron chi connectivity index (χ0n) is 9.74. The van der Waals surface area contributed by atoms with E-state index >= 15 is 0 Å². The molecule has 0 bridgehead atoms. The fraction of sp³-hybridized carbons (Fsp3) is 0.545. The lowest BCUT2D eigenvalue weighted by atomic mass is 10.1. The number of rotatable bonds is 7. The lowest BCUT2D eigenvalue weighted by Crippen LogP contribution is -2.40. The first-order valence-electron chi connectivity index (χ1n) is 5.39. The van der Waals surface area contributed by atoms with Crippen molar-refractivity contribution in [3.05, 3.63) is 20.8 Å². The maximum Gasteiger partial charge on any atom is 0.237 e. The summed E-state index contributed by atoms with van der Waals surface area (Å²) in [7, 11) is 1.64. The second-order valence-electron chi connectivity index (χ2n) is 3.65. The molecule has 0 aromatic carbocycles. The van der Waals surface area contributed by atoms with Gasteiger partial charge in [0.1, 0.15) is 0 Å². The van der Waals surface area contributed by atoms with E-state index in [9.17, 15) is 4.79 Å². The Labute approximate surface area is 114 Å². The van der Waals surface area contributed by atoms with Gasteiger partial charge in [0, 0.05) is 23.1 Å². The molecule has 96 valence electrons. The number of hydrogen-bond donors (Lipinski definition) is 2. The van der Waals surface area contributed by atoms with Crippen molar-refractivity contribution in [3.63, 3.8) is 0 Å². The third-order valence-corrected chi connectivity index (χ3v) is 4.24. The van der Waals surface area contributed by atoms with Crippen molar-refractivity contribution in [2.24, 2.45) is 5.73 Å². The van der Waals surface area contributed by atoms with Crippen molar-refractivity contribution in [3.8, 4) is 0 Å². The van der Waals surface area contributed by atoms with Gasteiger partial charge < -0.3 is 15.8 Å². The summed E-state index contributed by atoms with van der Waals surface area (Å²) in [6.45, 7) is 1.16. The number of halogens is 1. The van der Waals surface area contributed by atoms with Gasteiger partial charge in [-0.3, -0.25) is 4.79 Å². The highest BCUT2D eigenvalue weighted by Gasteiger charge is 2.13. The summed E-state index contributed by atoms with van der Waals surface area (Å²) in [5.41, 5.74) is 5.76. The topological polar surface area (TPSA) is 64.3 Å². The maximum absolute atomic E-state index is 11.7. The third kappa shape index (κ3) is 5.16. The van der Waals surface area contributed by atoms with Gasteiger partial charge in [0.05, 0.1) is 12.6 Å². The first-order chi connectivity index (χ1) is 8.15. The van der Waals surface area contributed by atoms with Gasteiger partial charge >= 0.3 is 0 Å². The standard InChI is InChI=1S/C11H17BrN2O2S/c1-16-5-2-3-9(13)11(15)14-7-10-8(12)4-6-17-10/h4,6,9H,2-3,5,7,13H2,1H3,(H,14,15). The molecule has 0 spiro atoms. The minimum Gasteiger partial charge on any atom is -0.385 e. The largest absolute Gasteiger partial charge is 0.385 e. The highest BCUT2D eigenvalue weighted by Crippen LogP contribution is 2.22. The van der Waals surface area contributed by atoms with Crippen LogP contribution < -0.4 is 11.1 Å². The molecular weight excluding hydrogens is 304 g/mol. The molecule has 0 aliphatic carbocycles. The van der Waals surface area contributed by atoms with E-state index < -0.39 is 6.04 Å². The second-order valence-corrected chi connectivity index (χ2v) is 5.51. The van der Waals surface area contributed by atoms with Crippen molar-refractivity contribution >= 4 is 33.2 Å². The van der Waals surface area contributed by atoms with E-state index in [1.807, 2.05) is 11.4 Å². The predicted octanol–water partition coefficient (Wildman–Crippen LogP) is 1.88. The molecule has 1 heterocycles. The molecule has 0 saturated heterocycles. The van der Waals surface area contributed by atoms with Gasteiger partial charge in [-0.25, -0.2) is 0 Å². The minimum atomic E-state index is -0.455. The Hall–Kier alpha value is -0.430. The molecule has 1 aromatic heterocycles. The van der Waals surface area contributed by atoms with E-state index in [2.05, 4.69) is 21.2 Å². The number of carbonyl (C=O) groups is 1. The molecule has 0 fully saturated rings. The van der Waals surface area contributed by atoms with Crippen molar-refractivity contribution in [2.45, 2.75) is 25.4 Å². The molecule has 0 aliphatic heterocycles. The Morgan fingerprint density at radius 2 is 2.47 bits per heavy atom. The van der Waals surface area contributed by atoms with Crippen molar-refractivity contribution in [1.82, 2.24) is 5.32 Å². The van der Waals surface area contributed by atoms with Crippen molar-refractivity contribution in [1.29, 1.82) is 0 Å². The van der Waals surface area contributed by atoms with Gasteiger partial charge in [0.25, 0.3) is 0 Å². The van der Waals surface area contributed by atoms with Gasteiger partial charge in [0.15, 0.2) is 0 Å². The van der Waals surface area contributed by atoms with Crippen LogP contribution in [0, 0.1) is 0 Å². The van der Waals surface area contributed by atoms with Gasteiger partial charge in [0.2, 0.25) is 5.91 Å². The number of thiophene rings is 1. The first-order valence-corrected chi connectivity index (χ1v) is 7.06. The Balaban J connectivity index is 2.27. The van der Waals surface area contributed by atoms with E-state index in [4.69, 9.17) is 10.5 Å². The molecule has 0 radical (unpaired) electrons. The lowest BCUT2D eigenvalue weighted by molar-refractivity contribution is -0.122. The van der Waals surface area contributed by atoms with Crippen molar-refractivity contribution < 1.29 is 9.53 Å². The van der Waals surface area contributed by atoms with Crippen LogP contribution in [0.5, 0.6) is 0 Å². The Kier molecular flexibility index (Phi) is 6.72. The van der Waals surface area contributed by atoms with E-state index in [1.165, 1.54) is 0 Å². The minimum absolute atomic E-state index is 0.110. The fourth-order valence-electron chi connectivity index (χ4n) is 1.33.